The van der Waals surface area contributed by atoms with Crippen molar-refractivity contribution in [3.8, 4) is 0 Å². The summed E-state index contributed by atoms with van der Waals surface area (Å²) in [6, 6.07) is 7.31. The fourth-order valence-electron chi connectivity index (χ4n) is 2.00. The molecule has 0 aliphatic heterocycles. The molecule has 0 saturated carbocycles. The number of hydrogen-bond acceptors (Lipinski definition) is 3. The molecule has 0 atom stereocenters. The van der Waals surface area contributed by atoms with Crippen LogP contribution < -0.4 is 5.30 Å². The average Bonchev–Trinajstić information content (AvgIpc) is 2.18. The summed E-state index contributed by atoms with van der Waals surface area (Å²) in [7, 11) is -4.15. The molecule has 0 bridgehead atoms. The Morgan fingerprint density at radius 3 is 2.31 bits per heavy atom. The maximum atomic E-state index is 10.6. The van der Waals surface area contributed by atoms with Gasteiger partial charge in [0.2, 0.25) is 0 Å². The molecule has 1 aromatic rings. The average molecular weight is 244 g/mol. The quantitative estimate of drug-likeness (QED) is 0.782. The summed E-state index contributed by atoms with van der Waals surface area (Å²) in [6.45, 7) is 5.88. The van der Waals surface area contributed by atoms with Gasteiger partial charge >= 0.3 is 96.7 Å². The predicted octanol–water partition coefficient (Wildman–Crippen LogP) is 2.35. The Hall–Kier alpha value is -0.470. The van der Waals surface area contributed by atoms with Gasteiger partial charge < -0.3 is 0 Å². The fraction of sp³-hybridized carbons (Fsp3) is 0.500. The zero-order valence-corrected chi connectivity index (χ0v) is 11.1. The molecule has 0 aliphatic rings. The van der Waals surface area contributed by atoms with E-state index in [4.69, 9.17) is 4.52 Å². The van der Waals surface area contributed by atoms with Crippen LogP contribution in [0.3, 0.4) is 0 Å². The Bertz CT molecular complexity index is 353. The monoisotopic (exact) mass is 244 g/mol. The first-order chi connectivity index (χ1) is 7.43. The van der Waals surface area contributed by atoms with Gasteiger partial charge in [0.05, 0.1) is 0 Å². The molecule has 3 nitrogen and oxygen atoms in total. The Labute approximate surface area is 97.3 Å². The van der Waals surface area contributed by atoms with E-state index in [-0.39, 0.29) is 6.16 Å². The summed E-state index contributed by atoms with van der Waals surface area (Å²) in [4.78, 5) is 21.2. The molecule has 0 unspecified atom stereocenters. The number of benzene rings is 1. The molecule has 2 N–H and O–H groups in total. The Morgan fingerprint density at radius 1 is 1.19 bits per heavy atom. The van der Waals surface area contributed by atoms with Crippen LogP contribution in [0.1, 0.15) is 25.8 Å². The summed E-state index contributed by atoms with van der Waals surface area (Å²) in [5.41, 5.74) is 0.868. The van der Waals surface area contributed by atoms with E-state index in [2.05, 4.69) is 0 Å². The summed E-state index contributed by atoms with van der Waals surface area (Å²) < 4.78 is 5.37. The van der Waals surface area contributed by atoms with Crippen molar-refractivity contribution in [1.29, 1.82) is 0 Å². The number of hydrogen-bond donors (Lipinski definition) is 2. The third-order valence-electron chi connectivity index (χ3n) is 2.63. The topological polar surface area (TPSA) is 49.7 Å². The molecule has 0 amide bonds. The van der Waals surface area contributed by atoms with Crippen molar-refractivity contribution in [1.82, 2.24) is 0 Å². The van der Waals surface area contributed by atoms with Crippen LogP contribution in [0, 0.1) is 6.92 Å². The van der Waals surface area contributed by atoms with Crippen LogP contribution in [-0.4, -0.2) is 22.6 Å². The summed E-state index contributed by atoms with van der Waals surface area (Å²) in [5, 5.41) is 0.553. The van der Waals surface area contributed by atoms with Gasteiger partial charge in [0.1, 0.15) is 0 Å². The first-order valence-corrected chi connectivity index (χ1v) is 7.90. The van der Waals surface area contributed by atoms with E-state index in [1.54, 1.807) is 13.0 Å². The molecule has 0 spiro atoms. The minimum atomic E-state index is -4.15. The van der Waals surface area contributed by atoms with Crippen molar-refractivity contribution < 1.29 is 14.3 Å². The van der Waals surface area contributed by atoms with Crippen molar-refractivity contribution in [2.24, 2.45) is 0 Å². The van der Waals surface area contributed by atoms with Crippen LogP contribution in [0.25, 0.3) is 0 Å². The van der Waals surface area contributed by atoms with Gasteiger partial charge in [-0.1, -0.05) is 0 Å². The van der Waals surface area contributed by atoms with E-state index in [0.717, 1.165) is 5.56 Å². The number of aryl methyl sites for hydroxylation is 1. The fourth-order valence-corrected chi connectivity index (χ4v) is 5.02. The molecule has 92 valence electrons. The second kappa shape index (κ2) is 4.80. The Morgan fingerprint density at radius 2 is 1.81 bits per heavy atom. The summed E-state index contributed by atoms with van der Waals surface area (Å²) in [6.07, 6.45) is 0.962. The molecule has 0 saturated heterocycles. The van der Waals surface area contributed by atoms with Crippen molar-refractivity contribution >= 4 is 12.6 Å². The number of rotatable bonds is 5. The molecule has 0 radical (unpaired) electrons. The van der Waals surface area contributed by atoms with Gasteiger partial charge in [-0.3, -0.25) is 0 Å². The predicted molar refractivity (Wildman–Crippen MR) is 69.0 cm³/mol. The second-order valence-corrected chi connectivity index (χ2v) is 7.46. The minimum absolute atomic E-state index is 0.282. The molecular weight excluding hydrogens is 223 g/mol. The maximum absolute atomic E-state index is 10.6. The van der Waals surface area contributed by atoms with Gasteiger partial charge in [-0.25, -0.2) is 0 Å². The van der Waals surface area contributed by atoms with Gasteiger partial charge in [-0.05, 0) is 0 Å². The third kappa shape index (κ3) is 2.61. The Kier molecular flexibility index (Phi) is 4.08. The molecule has 0 heterocycles. The zero-order valence-electron chi connectivity index (χ0n) is 10.2. The van der Waals surface area contributed by atoms with E-state index >= 15 is 0 Å². The van der Waals surface area contributed by atoms with Gasteiger partial charge in [0.25, 0.3) is 0 Å². The van der Waals surface area contributed by atoms with Crippen LogP contribution in [0.4, 0.5) is 0 Å². The second-order valence-electron chi connectivity index (χ2n) is 4.04. The van der Waals surface area contributed by atoms with E-state index in [1.165, 1.54) is 0 Å². The SMILES string of the molecule is CCCP(O)(O)(OCC)c1ccccc1C. The third-order valence-corrected chi connectivity index (χ3v) is 6.15. The summed E-state index contributed by atoms with van der Waals surface area (Å²) >= 11 is 0. The van der Waals surface area contributed by atoms with Crippen LogP contribution in [0.2, 0.25) is 0 Å². The Balaban J connectivity index is 3.26. The van der Waals surface area contributed by atoms with Crippen LogP contribution in [-0.2, 0) is 4.52 Å². The van der Waals surface area contributed by atoms with E-state index in [0.29, 0.717) is 18.3 Å². The zero-order chi connectivity index (χ0) is 12.3. The van der Waals surface area contributed by atoms with E-state index in [9.17, 15) is 9.79 Å². The van der Waals surface area contributed by atoms with E-state index < -0.39 is 7.28 Å². The van der Waals surface area contributed by atoms with Gasteiger partial charge in [0.15, 0.2) is 0 Å². The molecule has 0 fully saturated rings. The van der Waals surface area contributed by atoms with Crippen molar-refractivity contribution in [3.05, 3.63) is 29.8 Å². The van der Waals surface area contributed by atoms with Crippen LogP contribution in [0.15, 0.2) is 24.3 Å². The molecule has 0 aromatic heterocycles. The molecule has 0 aliphatic carbocycles. The van der Waals surface area contributed by atoms with Crippen LogP contribution >= 0.6 is 7.28 Å². The van der Waals surface area contributed by atoms with Gasteiger partial charge in [0, 0.05) is 0 Å². The van der Waals surface area contributed by atoms with Crippen LogP contribution in [0.5, 0.6) is 0 Å². The molecule has 1 rings (SSSR count). The van der Waals surface area contributed by atoms with Gasteiger partial charge in [-0.15, -0.1) is 0 Å². The van der Waals surface area contributed by atoms with Crippen molar-refractivity contribution in [2.75, 3.05) is 12.8 Å². The molecule has 16 heavy (non-hydrogen) atoms. The molecule has 4 heteroatoms. The summed E-state index contributed by atoms with van der Waals surface area (Å²) in [5.74, 6) is 0. The van der Waals surface area contributed by atoms with E-state index in [1.807, 2.05) is 32.0 Å². The van der Waals surface area contributed by atoms with Gasteiger partial charge in [-0.2, -0.15) is 0 Å². The first-order valence-electron chi connectivity index (χ1n) is 5.65. The molecule has 1 aromatic carbocycles. The first kappa shape index (κ1) is 13.6. The normalized spacial score (nSPS) is 14.4. The standard InChI is InChI=1S/C12H21O3P/c1-4-10-16(13,14,15-5-2)12-9-7-6-8-11(12)3/h6-9,13-14H,4-5,10H2,1-3H3. The molecular formula is C12H21O3P. The van der Waals surface area contributed by atoms with Crippen molar-refractivity contribution in [3.63, 3.8) is 0 Å². The van der Waals surface area contributed by atoms with Crippen molar-refractivity contribution in [2.45, 2.75) is 27.2 Å².